The van der Waals surface area contributed by atoms with Gasteiger partial charge in [0, 0.05) is 32.6 Å². The minimum Gasteiger partial charge on any atom is -0.475 e. The third-order valence-electron chi connectivity index (χ3n) is 7.27. The van der Waals surface area contributed by atoms with Crippen LogP contribution in [-0.2, 0) is 27.0 Å². The molecule has 0 bridgehead atoms. The maximum absolute atomic E-state index is 13.9. The van der Waals surface area contributed by atoms with Gasteiger partial charge in [-0.25, -0.2) is 14.8 Å². The fourth-order valence-electron chi connectivity index (χ4n) is 5.09. The van der Waals surface area contributed by atoms with Crippen LogP contribution in [0.3, 0.4) is 0 Å². The van der Waals surface area contributed by atoms with Gasteiger partial charge in [-0.05, 0) is 31.9 Å². The Hall–Kier alpha value is -4.69. The molecule has 0 aliphatic carbocycles. The number of benzene rings is 1. The van der Waals surface area contributed by atoms with E-state index in [0.29, 0.717) is 5.71 Å². The van der Waals surface area contributed by atoms with E-state index in [9.17, 15) is 32.3 Å². The van der Waals surface area contributed by atoms with E-state index >= 15 is 0 Å². The quantitative estimate of drug-likeness (QED) is 0.397. The number of nitrogens with one attached hydrogen (secondary N) is 2. The molecule has 2 aromatic rings. The van der Waals surface area contributed by atoms with Gasteiger partial charge in [-0.2, -0.15) is 18.3 Å². The smallest absolute Gasteiger partial charge is 0.433 e. The number of amides is 4. The van der Waals surface area contributed by atoms with Crippen LogP contribution in [-0.4, -0.2) is 87.9 Å². The Bertz CT molecular complexity index is 1430. The minimum absolute atomic E-state index is 0.0757. The van der Waals surface area contributed by atoms with Crippen LogP contribution in [0.25, 0.3) is 0 Å². The van der Waals surface area contributed by atoms with Gasteiger partial charge in [0.2, 0.25) is 17.7 Å². The molecule has 1 fully saturated rings. The van der Waals surface area contributed by atoms with Gasteiger partial charge in [0.1, 0.15) is 29.3 Å². The third kappa shape index (κ3) is 6.87. The van der Waals surface area contributed by atoms with Crippen LogP contribution in [0.2, 0.25) is 0 Å². The molecule has 2 aliphatic rings. The zero-order valence-electron chi connectivity index (χ0n) is 23.6. The van der Waals surface area contributed by atoms with E-state index in [1.165, 1.54) is 36.9 Å². The maximum atomic E-state index is 13.9. The van der Waals surface area contributed by atoms with Gasteiger partial charge in [-0.3, -0.25) is 14.4 Å². The molecule has 0 spiro atoms. The lowest BCUT2D eigenvalue weighted by Gasteiger charge is -2.40. The number of fused-ring (bicyclic) bond motifs is 1. The molecule has 4 amide bonds. The van der Waals surface area contributed by atoms with Crippen LogP contribution < -0.4 is 15.4 Å². The minimum atomic E-state index is -4.74. The molecule has 230 valence electrons. The van der Waals surface area contributed by atoms with Crippen LogP contribution >= 0.6 is 0 Å². The number of hydrogen-bond donors (Lipinski definition) is 3. The summed E-state index contributed by atoms with van der Waals surface area (Å²) in [6.07, 6.45) is -5.70. The summed E-state index contributed by atoms with van der Waals surface area (Å²) >= 11 is 0. The number of carbonyl (C=O) groups is 4. The van der Waals surface area contributed by atoms with Crippen molar-refractivity contribution >= 4 is 29.5 Å². The summed E-state index contributed by atoms with van der Waals surface area (Å²) in [4.78, 5) is 56.5. The number of nitrogens with zero attached hydrogens (tertiary/aromatic N) is 4. The van der Waals surface area contributed by atoms with Crippen molar-refractivity contribution in [1.82, 2.24) is 25.5 Å². The summed E-state index contributed by atoms with van der Waals surface area (Å²) < 4.78 is 45.0. The lowest BCUT2D eigenvalue weighted by atomic mass is 9.73. The summed E-state index contributed by atoms with van der Waals surface area (Å²) in [6, 6.07) is 10.7. The lowest BCUT2D eigenvalue weighted by molar-refractivity contribution is -0.144. The van der Waals surface area contributed by atoms with Crippen LogP contribution in [0.5, 0.6) is 5.88 Å². The van der Waals surface area contributed by atoms with Crippen molar-refractivity contribution in [1.29, 1.82) is 0 Å². The first-order chi connectivity index (χ1) is 20.1. The second-order valence-corrected chi connectivity index (χ2v) is 10.9. The summed E-state index contributed by atoms with van der Waals surface area (Å²) in [6.45, 7) is 1.99. The molecule has 0 saturated carbocycles. The molecular formula is C28H31F3N6O6. The maximum Gasteiger partial charge on any atom is 0.433 e. The number of hydrogen-bond acceptors (Lipinski definition) is 7. The molecule has 2 atom stereocenters. The highest BCUT2D eigenvalue weighted by Crippen LogP contribution is 2.38. The van der Waals surface area contributed by atoms with Crippen molar-refractivity contribution in [3.8, 4) is 5.88 Å². The number of alkyl halides is 3. The molecule has 15 heteroatoms. The highest BCUT2D eigenvalue weighted by Gasteiger charge is 2.54. The van der Waals surface area contributed by atoms with Gasteiger partial charge in [-0.1, -0.05) is 36.4 Å². The zero-order valence-corrected chi connectivity index (χ0v) is 23.6. The molecular weight excluding hydrogens is 573 g/mol. The predicted octanol–water partition coefficient (Wildman–Crippen LogP) is 2.30. The second-order valence-electron chi connectivity index (χ2n) is 10.9. The molecule has 1 aromatic heterocycles. The monoisotopic (exact) mass is 604 g/mol. The predicted molar refractivity (Wildman–Crippen MR) is 146 cm³/mol. The zero-order chi connectivity index (χ0) is 31.6. The van der Waals surface area contributed by atoms with Crippen molar-refractivity contribution in [2.75, 3.05) is 26.7 Å². The molecule has 12 nitrogen and oxygen atoms in total. The second kappa shape index (κ2) is 11.9. The number of halogens is 3. The van der Waals surface area contributed by atoms with Crippen molar-refractivity contribution in [2.45, 2.75) is 44.4 Å². The number of carbonyl (C=O) groups excluding carboxylic acids is 3. The van der Waals surface area contributed by atoms with E-state index in [0.717, 1.165) is 17.7 Å². The number of aromatic nitrogens is 1. The van der Waals surface area contributed by atoms with Crippen molar-refractivity contribution in [3.05, 3.63) is 59.8 Å². The topological polar surface area (TPSA) is 154 Å². The Morgan fingerprint density at radius 2 is 1.81 bits per heavy atom. The van der Waals surface area contributed by atoms with E-state index in [1.54, 1.807) is 0 Å². The first-order valence-corrected chi connectivity index (χ1v) is 13.3. The van der Waals surface area contributed by atoms with Crippen molar-refractivity contribution in [3.63, 3.8) is 0 Å². The Morgan fingerprint density at radius 3 is 2.47 bits per heavy atom. The van der Waals surface area contributed by atoms with E-state index in [1.807, 2.05) is 30.3 Å². The van der Waals surface area contributed by atoms with Crippen LogP contribution in [0.15, 0.2) is 53.6 Å². The number of carboxylic acid groups (broad SMARTS) is 1. The van der Waals surface area contributed by atoms with E-state index in [4.69, 9.17) is 9.84 Å². The van der Waals surface area contributed by atoms with Crippen LogP contribution in [0.1, 0.15) is 31.5 Å². The fourth-order valence-corrected chi connectivity index (χ4v) is 5.09. The number of ether oxygens (including phenoxy) is 1. The Kier molecular flexibility index (Phi) is 8.64. The van der Waals surface area contributed by atoms with Gasteiger partial charge in [0.05, 0.1) is 5.71 Å². The van der Waals surface area contributed by atoms with Crippen LogP contribution in [0.4, 0.5) is 18.0 Å². The number of rotatable bonds is 9. The van der Waals surface area contributed by atoms with Gasteiger partial charge < -0.3 is 25.4 Å². The number of likely N-dealkylation sites (tertiary alicyclic amines) is 1. The SMILES string of the molecule is CN1N=C2CCN(C(=O)[C@@H](COc3cccc(C(F)(F)F)n3)NC(=O)C(C)(C)NC(=O)O)C[C@@]2(Cc2ccccc2)C1=O. The average molecular weight is 605 g/mol. The Labute approximate surface area is 244 Å². The van der Waals surface area contributed by atoms with Crippen LogP contribution in [0, 0.1) is 5.41 Å². The first-order valence-electron chi connectivity index (χ1n) is 13.3. The number of piperidine rings is 1. The van der Waals surface area contributed by atoms with Gasteiger partial charge >= 0.3 is 12.3 Å². The van der Waals surface area contributed by atoms with Gasteiger partial charge in [0.15, 0.2) is 0 Å². The van der Waals surface area contributed by atoms with E-state index in [2.05, 4.69) is 20.7 Å². The highest BCUT2D eigenvalue weighted by molar-refractivity contribution is 6.13. The largest absolute Gasteiger partial charge is 0.475 e. The summed E-state index contributed by atoms with van der Waals surface area (Å²) in [5, 5.41) is 19.3. The average Bonchev–Trinajstić information content (AvgIpc) is 3.18. The van der Waals surface area contributed by atoms with Gasteiger partial charge in [0.25, 0.3) is 5.91 Å². The molecule has 43 heavy (non-hydrogen) atoms. The lowest BCUT2D eigenvalue weighted by Crippen LogP contribution is -2.63. The van der Waals surface area contributed by atoms with Crippen molar-refractivity contribution in [2.24, 2.45) is 10.5 Å². The standard InChI is InChI=1S/C28H31F3N6O6/c1-26(2,34-25(41)42)23(39)32-18(15-43-21-11-7-10-20(33-21)28(29,30)31)22(38)37-13-12-19-27(16-37,24(40)36(3)35-19)14-17-8-5-4-6-9-17/h4-11,18,34H,12-16H2,1-3H3,(H,32,39)(H,41,42)/t18-,27-/m1/s1. The van der Waals surface area contributed by atoms with E-state index < -0.39 is 59.3 Å². The molecule has 4 rings (SSSR count). The molecule has 1 saturated heterocycles. The molecule has 3 heterocycles. The summed E-state index contributed by atoms with van der Waals surface area (Å²) in [5.41, 5.74) is -2.59. The third-order valence-corrected chi connectivity index (χ3v) is 7.27. The van der Waals surface area contributed by atoms with E-state index in [-0.39, 0.29) is 31.8 Å². The molecule has 2 aliphatic heterocycles. The molecule has 0 radical (unpaired) electrons. The number of pyridine rings is 1. The highest BCUT2D eigenvalue weighted by atomic mass is 19.4. The van der Waals surface area contributed by atoms with Gasteiger partial charge in [-0.15, -0.1) is 0 Å². The summed E-state index contributed by atoms with van der Waals surface area (Å²) in [7, 11) is 1.53. The Balaban J connectivity index is 1.61. The molecule has 3 N–H and O–H groups in total. The van der Waals surface area contributed by atoms with Crippen molar-refractivity contribution < 1.29 is 42.2 Å². The number of hydrazone groups is 1. The Morgan fingerprint density at radius 1 is 1.12 bits per heavy atom. The fraction of sp³-hybridized carbons (Fsp3) is 0.429. The normalized spacial score (nSPS) is 19.3. The molecule has 1 aromatic carbocycles. The first kappa shape index (κ1) is 31.3. The summed E-state index contributed by atoms with van der Waals surface area (Å²) in [5.74, 6) is -2.31. The molecule has 0 unspecified atom stereocenters.